The maximum atomic E-state index is 12.6. The van der Waals surface area contributed by atoms with Gasteiger partial charge in [0.2, 0.25) is 5.09 Å². The minimum atomic E-state index is -3.76. The number of amides is 1. The third kappa shape index (κ3) is 4.40. The van der Waals surface area contributed by atoms with Crippen molar-refractivity contribution in [2.75, 3.05) is 26.3 Å². The molecule has 0 spiro atoms. The number of carbonyl (C=O) groups is 1. The van der Waals surface area contributed by atoms with E-state index in [1.54, 1.807) is 0 Å². The molecule has 1 aliphatic rings. The summed E-state index contributed by atoms with van der Waals surface area (Å²) in [6, 6.07) is 10.5. The average molecular weight is 392 g/mol. The molecule has 0 saturated carbocycles. The van der Waals surface area contributed by atoms with Crippen LogP contribution >= 0.6 is 0 Å². The Labute approximate surface area is 159 Å². The van der Waals surface area contributed by atoms with Gasteiger partial charge in [0.25, 0.3) is 15.9 Å². The molecule has 8 heteroatoms. The molecule has 1 aromatic heterocycles. The van der Waals surface area contributed by atoms with Gasteiger partial charge in [-0.1, -0.05) is 31.2 Å². The Bertz CT molecular complexity index is 883. The molecule has 7 nitrogen and oxygen atoms in total. The Balaban J connectivity index is 1.68. The molecule has 0 radical (unpaired) electrons. The lowest BCUT2D eigenvalue weighted by atomic mass is 10.0. The van der Waals surface area contributed by atoms with E-state index in [-0.39, 0.29) is 30.0 Å². The van der Waals surface area contributed by atoms with Gasteiger partial charge in [-0.2, -0.15) is 4.31 Å². The predicted octanol–water partition coefficient (Wildman–Crippen LogP) is 2.35. The molecule has 0 aliphatic carbocycles. The Morgan fingerprint density at radius 3 is 2.44 bits per heavy atom. The summed E-state index contributed by atoms with van der Waals surface area (Å²) >= 11 is 0. The number of nitrogens with zero attached hydrogens (tertiary/aromatic N) is 1. The summed E-state index contributed by atoms with van der Waals surface area (Å²) < 4.78 is 37.0. The summed E-state index contributed by atoms with van der Waals surface area (Å²) in [5.41, 5.74) is 2.19. The van der Waals surface area contributed by atoms with Crippen LogP contribution in [0.1, 0.15) is 41.6 Å². The number of benzene rings is 1. The third-order valence-electron chi connectivity index (χ3n) is 4.60. The van der Waals surface area contributed by atoms with Crippen molar-refractivity contribution in [3.05, 3.63) is 53.3 Å². The highest BCUT2D eigenvalue weighted by Gasteiger charge is 2.30. The maximum absolute atomic E-state index is 12.6. The first-order chi connectivity index (χ1) is 12.9. The smallest absolute Gasteiger partial charge is 0.287 e. The summed E-state index contributed by atoms with van der Waals surface area (Å²) in [5.74, 6) is -0.482. The molecule has 1 saturated heterocycles. The first-order valence-corrected chi connectivity index (χ1v) is 10.4. The van der Waals surface area contributed by atoms with E-state index in [9.17, 15) is 13.2 Å². The molecule has 2 heterocycles. The van der Waals surface area contributed by atoms with Gasteiger partial charge in [0.15, 0.2) is 5.76 Å². The third-order valence-corrected chi connectivity index (χ3v) is 6.38. The second kappa shape index (κ2) is 8.24. The quantitative estimate of drug-likeness (QED) is 0.815. The van der Waals surface area contributed by atoms with E-state index in [1.165, 1.54) is 22.0 Å². The number of hydrogen-bond acceptors (Lipinski definition) is 5. The fourth-order valence-corrected chi connectivity index (χ4v) is 4.21. The van der Waals surface area contributed by atoms with E-state index in [0.717, 1.165) is 12.0 Å². The Kier molecular flexibility index (Phi) is 5.98. The van der Waals surface area contributed by atoms with Crippen LogP contribution < -0.4 is 5.32 Å². The van der Waals surface area contributed by atoms with Crippen LogP contribution in [0.4, 0.5) is 0 Å². The zero-order valence-corrected chi connectivity index (χ0v) is 16.3. The molecule has 1 fully saturated rings. The number of rotatable bonds is 6. The number of nitrogens with one attached hydrogen (secondary N) is 1. The van der Waals surface area contributed by atoms with Crippen LogP contribution in [-0.2, 0) is 21.2 Å². The fraction of sp³-hybridized carbons (Fsp3) is 0.421. The van der Waals surface area contributed by atoms with Gasteiger partial charge in [0.05, 0.1) is 19.3 Å². The van der Waals surface area contributed by atoms with E-state index in [0.29, 0.717) is 13.2 Å². The number of furan rings is 1. The average Bonchev–Trinajstić information content (AvgIpc) is 3.20. The lowest BCUT2D eigenvalue weighted by Crippen LogP contribution is -2.40. The monoisotopic (exact) mass is 392 g/mol. The van der Waals surface area contributed by atoms with Crippen LogP contribution in [0, 0.1) is 0 Å². The first kappa shape index (κ1) is 19.6. The number of aryl methyl sites for hydroxylation is 1. The zero-order chi connectivity index (χ0) is 19.4. The molecule has 0 bridgehead atoms. The van der Waals surface area contributed by atoms with Crippen molar-refractivity contribution in [3.8, 4) is 0 Å². The van der Waals surface area contributed by atoms with Crippen molar-refractivity contribution in [3.63, 3.8) is 0 Å². The highest BCUT2D eigenvalue weighted by atomic mass is 32.2. The largest absolute Gasteiger partial charge is 0.438 e. The van der Waals surface area contributed by atoms with Crippen LogP contribution in [0.15, 0.2) is 45.9 Å². The molecule has 1 N–H and O–H groups in total. The van der Waals surface area contributed by atoms with Crippen LogP contribution in [0.5, 0.6) is 0 Å². The Morgan fingerprint density at radius 1 is 1.15 bits per heavy atom. The van der Waals surface area contributed by atoms with Gasteiger partial charge < -0.3 is 14.5 Å². The molecule has 1 aromatic carbocycles. The number of sulfonamides is 1. The van der Waals surface area contributed by atoms with Crippen LogP contribution in [-0.4, -0.2) is 44.9 Å². The van der Waals surface area contributed by atoms with Crippen LogP contribution in [0.3, 0.4) is 0 Å². The first-order valence-electron chi connectivity index (χ1n) is 8.99. The van der Waals surface area contributed by atoms with Crippen molar-refractivity contribution in [1.29, 1.82) is 0 Å². The number of carbonyl (C=O) groups excluding carboxylic acids is 1. The van der Waals surface area contributed by atoms with Gasteiger partial charge in [-0.25, -0.2) is 8.42 Å². The molecule has 2 aromatic rings. The van der Waals surface area contributed by atoms with Crippen LogP contribution in [0.2, 0.25) is 0 Å². The second-order valence-corrected chi connectivity index (χ2v) is 8.29. The van der Waals surface area contributed by atoms with E-state index in [1.807, 2.05) is 31.2 Å². The molecule has 1 aliphatic heterocycles. The summed E-state index contributed by atoms with van der Waals surface area (Å²) in [6.07, 6.45) is 0.952. The zero-order valence-electron chi connectivity index (χ0n) is 15.5. The lowest BCUT2D eigenvalue weighted by Gasteiger charge is -2.24. The normalized spacial score (nSPS) is 16.8. The Morgan fingerprint density at radius 2 is 1.81 bits per heavy atom. The summed E-state index contributed by atoms with van der Waals surface area (Å²) in [5, 5.41) is 2.61. The van der Waals surface area contributed by atoms with Crippen molar-refractivity contribution in [2.45, 2.75) is 31.4 Å². The van der Waals surface area contributed by atoms with Crippen molar-refractivity contribution in [2.24, 2.45) is 0 Å². The number of ether oxygens (including phenoxy) is 1. The van der Waals surface area contributed by atoms with E-state index >= 15 is 0 Å². The lowest BCUT2D eigenvalue weighted by molar-refractivity contribution is 0.0722. The van der Waals surface area contributed by atoms with Gasteiger partial charge in [0, 0.05) is 13.1 Å². The minimum absolute atomic E-state index is 0.0288. The van der Waals surface area contributed by atoms with Crippen molar-refractivity contribution in [1.82, 2.24) is 9.62 Å². The number of morpholine rings is 1. The van der Waals surface area contributed by atoms with E-state index in [4.69, 9.17) is 9.15 Å². The maximum Gasteiger partial charge on any atom is 0.287 e. The molecule has 3 rings (SSSR count). The molecule has 27 heavy (non-hydrogen) atoms. The predicted molar refractivity (Wildman–Crippen MR) is 100.0 cm³/mol. The fourth-order valence-electron chi connectivity index (χ4n) is 2.89. The standard InChI is InChI=1S/C19H24N2O5S/c1-3-15-4-6-16(7-5-15)14(2)20-19(22)17-8-9-18(26-17)27(23,24)21-10-12-25-13-11-21/h4-9,14H,3,10-13H2,1-2H3,(H,20,22). The Hall–Kier alpha value is -2.16. The highest BCUT2D eigenvalue weighted by Crippen LogP contribution is 2.21. The SMILES string of the molecule is CCc1ccc(C(C)NC(=O)c2ccc(S(=O)(=O)N3CCOCC3)o2)cc1. The molecule has 146 valence electrons. The summed E-state index contributed by atoms with van der Waals surface area (Å²) in [4.78, 5) is 12.4. The van der Waals surface area contributed by atoms with Gasteiger partial charge in [-0.05, 0) is 36.6 Å². The van der Waals surface area contributed by atoms with Crippen molar-refractivity contribution < 1.29 is 22.4 Å². The highest BCUT2D eigenvalue weighted by molar-refractivity contribution is 7.89. The van der Waals surface area contributed by atoms with E-state index in [2.05, 4.69) is 12.2 Å². The topological polar surface area (TPSA) is 88.9 Å². The van der Waals surface area contributed by atoms with Gasteiger partial charge in [-0.3, -0.25) is 4.79 Å². The minimum Gasteiger partial charge on any atom is -0.438 e. The molecule has 1 unspecified atom stereocenters. The number of hydrogen-bond donors (Lipinski definition) is 1. The van der Waals surface area contributed by atoms with Gasteiger partial charge in [-0.15, -0.1) is 0 Å². The van der Waals surface area contributed by atoms with Crippen LogP contribution in [0.25, 0.3) is 0 Å². The van der Waals surface area contributed by atoms with Gasteiger partial charge >= 0.3 is 0 Å². The molecular formula is C19H24N2O5S. The second-order valence-electron chi connectivity index (χ2n) is 6.43. The van der Waals surface area contributed by atoms with E-state index < -0.39 is 15.9 Å². The summed E-state index contributed by atoms with van der Waals surface area (Å²) in [6.45, 7) is 5.20. The molecular weight excluding hydrogens is 368 g/mol. The summed E-state index contributed by atoms with van der Waals surface area (Å²) in [7, 11) is -3.76. The van der Waals surface area contributed by atoms with Gasteiger partial charge in [0.1, 0.15) is 0 Å². The molecule has 1 amide bonds. The van der Waals surface area contributed by atoms with Crippen molar-refractivity contribution >= 4 is 15.9 Å². The molecule has 1 atom stereocenters.